The van der Waals surface area contributed by atoms with Crippen LogP contribution in [0.2, 0.25) is 0 Å². The zero-order valence-electron chi connectivity index (χ0n) is 11.7. The first-order valence-corrected chi connectivity index (χ1v) is 6.55. The normalized spacial score (nSPS) is 11.2. The van der Waals surface area contributed by atoms with Gasteiger partial charge in [-0.3, -0.25) is 4.99 Å². The molecule has 0 saturated heterocycles. The number of hydrogen-bond donors (Lipinski definition) is 2. The van der Waals surface area contributed by atoms with Gasteiger partial charge in [0.25, 0.3) is 0 Å². The van der Waals surface area contributed by atoms with E-state index in [9.17, 15) is 0 Å². The van der Waals surface area contributed by atoms with Crippen LogP contribution in [0.15, 0.2) is 35.3 Å². The van der Waals surface area contributed by atoms with Gasteiger partial charge in [-0.1, -0.05) is 18.2 Å². The van der Waals surface area contributed by atoms with Crippen LogP contribution in [0.3, 0.4) is 0 Å². The molecule has 0 saturated carbocycles. The molecule has 1 rings (SSSR count). The van der Waals surface area contributed by atoms with Crippen LogP contribution in [0.25, 0.3) is 0 Å². The Bertz CT molecular complexity index is 355. The Hall–Kier alpha value is -1.75. The first-order chi connectivity index (χ1) is 9.36. The van der Waals surface area contributed by atoms with Crippen LogP contribution < -0.4 is 15.4 Å². The summed E-state index contributed by atoms with van der Waals surface area (Å²) in [6.07, 6.45) is 0. The quantitative estimate of drug-likeness (QED) is 0.422. The van der Waals surface area contributed by atoms with Crippen LogP contribution in [-0.2, 0) is 4.74 Å². The fourth-order valence-corrected chi connectivity index (χ4v) is 1.45. The van der Waals surface area contributed by atoms with E-state index in [0.717, 1.165) is 18.3 Å². The summed E-state index contributed by atoms with van der Waals surface area (Å²) < 4.78 is 10.6. The molecule has 5 nitrogen and oxygen atoms in total. The largest absolute Gasteiger partial charge is 0.492 e. The lowest BCUT2D eigenvalue weighted by molar-refractivity contribution is 0.208. The van der Waals surface area contributed by atoms with Gasteiger partial charge in [0.05, 0.1) is 19.7 Å². The van der Waals surface area contributed by atoms with Crippen LogP contribution in [0, 0.1) is 0 Å². The molecule has 106 valence electrons. The second-order valence-corrected chi connectivity index (χ2v) is 3.84. The van der Waals surface area contributed by atoms with Crippen LogP contribution in [-0.4, -0.2) is 45.9 Å². The van der Waals surface area contributed by atoms with Gasteiger partial charge in [0.1, 0.15) is 12.4 Å². The molecule has 0 heterocycles. The van der Waals surface area contributed by atoms with Crippen molar-refractivity contribution < 1.29 is 9.47 Å². The molecule has 0 aliphatic heterocycles. The van der Waals surface area contributed by atoms with Crippen molar-refractivity contribution in [2.24, 2.45) is 4.99 Å². The third-order valence-corrected chi connectivity index (χ3v) is 2.32. The maximum absolute atomic E-state index is 5.59. The fourth-order valence-electron chi connectivity index (χ4n) is 1.45. The minimum Gasteiger partial charge on any atom is -0.492 e. The van der Waals surface area contributed by atoms with E-state index < -0.39 is 0 Å². The van der Waals surface area contributed by atoms with Crippen molar-refractivity contribution in [3.05, 3.63) is 30.3 Å². The van der Waals surface area contributed by atoms with Crippen molar-refractivity contribution in [1.29, 1.82) is 0 Å². The van der Waals surface area contributed by atoms with Gasteiger partial charge in [0, 0.05) is 13.7 Å². The van der Waals surface area contributed by atoms with E-state index in [0.29, 0.717) is 26.3 Å². The molecule has 0 aliphatic rings. The number of methoxy groups -OCH3 is 1. The smallest absolute Gasteiger partial charge is 0.191 e. The summed E-state index contributed by atoms with van der Waals surface area (Å²) in [7, 11) is 1.67. The average molecular weight is 265 g/mol. The Labute approximate surface area is 115 Å². The molecule has 0 aromatic heterocycles. The number of nitrogens with one attached hydrogen (secondary N) is 2. The van der Waals surface area contributed by atoms with Crippen LogP contribution >= 0.6 is 0 Å². The van der Waals surface area contributed by atoms with Crippen LogP contribution in [0.1, 0.15) is 6.92 Å². The molecule has 1 aromatic rings. The van der Waals surface area contributed by atoms with Crippen molar-refractivity contribution in [2.75, 3.05) is 40.0 Å². The van der Waals surface area contributed by atoms with Gasteiger partial charge >= 0.3 is 0 Å². The van der Waals surface area contributed by atoms with Gasteiger partial charge in [0.2, 0.25) is 0 Å². The Balaban J connectivity index is 2.22. The maximum Gasteiger partial charge on any atom is 0.191 e. The third kappa shape index (κ3) is 7.31. The Morgan fingerprint density at radius 2 is 1.95 bits per heavy atom. The predicted octanol–water partition coefficient (Wildman–Crippen LogP) is 1.27. The average Bonchev–Trinajstić information content (AvgIpc) is 2.45. The third-order valence-electron chi connectivity index (χ3n) is 2.32. The van der Waals surface area contributed by atoms with Crippen molar-refractivity contribution in [3.8, 4) is 5.75 Å². The number of hydrogen-bond acceptors (Lipinski definition) is 3. The topological polar surface area (TPSA) is 54.9 Å². The highest BCUT2D eigenvalue weighted by Gasteiger charge is 1.96. The predicted molar refractivity (Wildman–Crippen MR) is 77.8 cm³/mol. The summed E-state index contributed by atoms with van der Waals surface area (Å²) in [5.41, 5.74) is 0. The Morgan fingerprint density at radius 1 is 1.16 bits per heavy atom. The first kappa shape index (κ1) is 15.3. The van der Waals surface area contributed by atoms with Gasteiger partial charge in [-0.15, -0.1) is 0 Å². The Morgan fingerprint density at radius 3 is 2.63 bits per heavy atom. The number of rotatable bonds is 8. The van der Waals surface area contributed by atoms with E-state index in [1.807, 2.05) is 37.3 Å². The number of ether oxygens (including phenoxy) is 2. The van der Waals surface area contributed by atoms with Gasteiger partial charge in [-0.2, -0.15) is 0 Å². The standard InChI is InChI=1S/C14H23N3O2/c1-3-15-14(16-9-11-18-2)17-10-12-19-13-7-5-4-6-8-13/h4-8H,3,9-12H2,1-2H3,(H2,15,16,17). The molecule has 1 aromatic carbocycles. The lowest BCUT2D eigenvalue weighted by Crippen LogP contribution is -2.39. The molecular formula is C14H23N3O2. The second-order valence-electron chi connectivity index (χ2n) is 3.84. The van der Waals surface area contributed by atoms with Gasteiger partial charge in [0.15, 0.2) is 5.96 Å². The minimum atomic E-state index is 0.596. The molecule has 0 amide bonds. The molecule has 0 aliphatic carbocycles. The van der Waals surface area contributed by atoms with Gasteiger partial charge in [-0.05, 0) is 19.1 Å². The molecule has 0 spiro atoms. The molecule has 0 atom stereocenters. The van der Waals surface area contributed by atoms with E-state index in [1.165, 1.54) is 0 Å². The van der Waals surface area contributed by atoms with E-state index in [4.69, 9.17) is 9.47 Å². The second kappa shape index (κ2) is 10.2. The summed E-state index contributed by atoms with van der Waals surface area (Å²) in [4.78, 5) is 4.36. The summed E-state index contributed by atoms with van der Waals surface area (Å²) in [5, 5.41) is 6.38. The van der Waals surface area contributed by atoms with E-state index in [-0.39, 0.29) is 0 Å². The monoisotopic (exact) mass is 265 g/mol. The number of aliphatic imine (C=N–C) groups is 1. The zero-order chi connectivity index (χ0) is 13.8. The highest BCUT2D eigenvalue weighted by molar-refractivity contribution is 5.79. The van der Waals surface area contributed by atoms with E-state index in [2.05, 4.69) is 15.6 Å². The van der Waals surface area contributed by atoms with Crippen molar-refractivity contribution in [1.82, 2.24) is 10.6 Å². The van der Waals surface area contributed by atoms with Crippen LogP contribution in [0.4, 0.5) is 0 Å². The maximum atomic E-state index is 5.59. The minimum absolute atomic E-state index is 0.596. The highest BCUT2D eigenvalue weighted by atomic mass is 16.5. The number of benzene rings is 1. The van der Waals surface area contributed by atoms with Crippen LogP contribution in [0.5, 0.6) is 5.75 Å². The van der Waals surface area contributed by atoms with Crippen molar-refractivity contribution in [2.45, 2.75) is 6.92 Å². The van der Waals surface area contributed by atoms with E-state index >= 15 is 0 Å². The zero-order valence-corrected chi connectivity index (χ0v) is 11.7. The number of guanidine groups is 1. The summed E-state index contributed by atoms with van der Waals surface area (Å²) in [6.45, 7) is 5.43. The van der Waals surface area contributed by atoms with Gasteiger partial charge < -0.3 is 20.1 Å². The summed E-state index contributed by atoms with van der Waals surface area (Å²) >= 11 is 0. The highest BCUT2D eigenvalue weighted by Crippen LogP contribution is 2.07. The molecule has 19 heavy (non-hydrogen) atoms. The SMILES string of the molecule is CCNC(=NCCOC)NCCOc1ccccc1. The molecule has 0 radical (unpaired) electrons. The molecular weight excluding hydrogens is 242 g/mol. The number of nitrogens with zero attached hydrogens (tertiary/aromatic N) is 1. The molecule has 5 heteroatoms. The first-order valence-electron chi connectivity index (χ1n) is 6.55. The molecule has 2 N–H and O–H groups in total. The Kier molecular flexibility index (Phi) is 8.22. The molecule has 0 fully saturated rings. The molecule has 0 bridgehead atoms. The summed E-state index contributed by atoms with van der Waals surface area (Å²) in [5.74, 6) is 1.67. The fraction of sp³-hybridized carbons (Fsp3) is 0.500. The van der Waals surface area contributed by atoms with E-state index in [1.54, 1.807) is 7.11 Å². The van der Waals surface area contributed by atoms with Gasteiger partial charge in [-0.25, -0.2) is 0 Å². The van der Waals surface area contributed by atoms with Crippen molar-refractivity contribution in [3.63, 3.8) is 0 Å². The lowest BCUT2D eigenvalue weighted by atomic mass is 10.3. The molecule has 0 unspecified atom stereocenters. The van der Waals surface area contributed by atoms with Crippen molar-refractivity contribution >= 4 is 5.96 Å². The summed E-state index contributed by atoms with van der Waals surface area (Å²) in [6, 6.07) is 9.77. The number of para-hydroxylation sites is 1. The lowest BCUT2D eigenvalue weighted by Gasteiger charge is -2.11.